The van der Waals surface area contributed by atoms with Gasteiger partial charge in [0.15, 0.2) is 0 Å². The quantitative estimate of drug-likeness (QED) is 0.267. The molecular formula is C34H32F4N4O5. The minimum absolute atomic E-state index is 0.114. The van der Waals surface area contributed by atoms with Crippen LogP contribution in [-0.2, 0) is 42.8 Å². The van der Waals surface area contributed by atoms with Crippen molar-refractivity contribution in [2.75, 3.05) is 13.1 Å². The van der Waals surface area contributed by atoms with Crippen LogP contribution in [0.4, 0.5) is 17.6 Å². The number of hydrogen-bond donors (Lipinski definition) is 2. The number of hydrogen-bond acceptors (Lipinski definition) is 6. The largest absolute Gasteiger partial charge is 0.478 e. The Bertz CT molecular complexity index is 1930. The molecule has 2 aliphatic heterocycles. The van der Waals surface area contributed by atoms with Gasteiger partial charge in [0.1, 0.15) is 11.4 Å². The maximum Gasteiger partial charge on any atom is 0.416 e. The third-order valence-corrected chi connectivity index (χ3v) is 9.07. The molecule has 0 amide bonds. The second kappa shape index (κ2) is 12.5. The van der Waals surface area contributed by atoms with E-state index in [0.29, 0.717) is 38.0 Å². The molecule has 1 unspecified atom stereocenters. The van der Waals surface area contributed by atoms with E-state index in [2.05, 4.69) is 4.90 Å². The number of fused-ring (bicyclic) bond motifs is 2. The molecule has 9 nitrogen and oxygen atoms in total. The number of carboxylic acids is 1. The topological polar surface area (TPSA) is 120 Å². The fraction of sp³-hybridized carbons (Fsp3) is 0.324. The van der Waals surface area contributed by atoms with Crippen LogP contribution in [0.5, 0.6) is 0 Å². The Morgan fingerprint density at radius 3 is 2.34 bits per heavy atom. The van der Waals surface area contributed by atoms with Crippen LogP contribution in [0.2, 0.25) is 0 Å². The van der Waals surface area contributed by atoms with Crippen molar-refractivity contribution in [3.8, 4) is 0 Å². The summed E-state index contributed by atoms with van der Waals surface area (Å²) in [6.45, 7) is 0.0965. The van der Waals surface area contributed by atoms with E-state index in [1.165, 1.54) is 6.07 Å². The molecule has 246 valence electrons. The Morgan fingerprint density at radius 1 is 0.957 bits per heavy atom. The SMILES string of the molecule is NC(Cn1c(=O)c2c(n(Cc3c(F)cccc3C(F)(F)F)c1=O)COC21CCN(Cc2cccc(C(=O)O)c2)CC1)c1ccccc1. The molecule has 3 heterocycles. The van der Waals surface area contributed by atoms with Gasteiger partial charge < -0.3 is 15.6 Å². The fourth-order valence-electron chi connectivity index (χ4n) is 6.63. The number of carboxylic acid groups (broad SMARTS) is 1. The average Bonchev–Trinajstić information content (AvgIpc) is 3.41. The smallest absolute Gasteiger partial charge is 0.416 e. The predicted octanol–water partition coefficient (Wildman–Crippen LogP) is 4.64. The van der Waals surface area contributed by atoms with Crippen LogP contribution in [0.3, 0.4) is 0 Å². The minimum atomic E-state index is -4.89. The van der Waals surface area contributed by atoms with Gasteiger partial charge in [0.25, 0.3) is 5.56 Å². The van der Waals surface area contributed by atoms with Crippen molar-refractivity contribution in [1.82, 2.24) is 14.0 Å². The van der Waals surface area contributed by atoms with Gasteiger partial charge in [0.05, 0.1) is 42.1 Å². The molecule has 2 aliphatic rings. The van der Waals surface area contributed by atoms with E-state index < -0.39 is 58.5 Å². The Morgan fingerprint density at radius 2 is 1.66 bits per heavy atom. The molecule has 1 aromatic heterocycles. The second-order valence-electron chi connectivity index (χ2n) is 12.0. The van der Waals surface area contributed by atoms with Gasteiger partial charge in [-0.05, 0) is 48.2 Å². The van der Waals surface area contributed by atoms with Crippen molar-refractivity contribution < 1.29 is 32.2 Å². The summed E-state index contributed by atoms with van der Waals surface area (Å²) in [6, 6.07) is 17.2. The molecule has 1 saturated heterocycles. The van der Waals surface area contributed by atoms with Crippen LogP contribution in [0.25, 0.3) is 0 Å². The number of alkyl halides is 3. The average molecular weight is 653 g/mol. The zero-order valence-electron chi connectivity index (χ0n) is 25.2. The maximum atomic E-state index is 15.0. The van der Waals surface area contributed by atoms with Crippen LogP contribution < -0.4 is 17.0 Å². The predicted molar refractivity (Wildman–Crippen MR) is 163 cm³/mol. The van der Waals surface area contributed by atoms with Crippen molar-refractivity contribution in [1.29, 1.82) is 0 Å². The van der Waals surface area contributed by atoms with Gasteiger partial charge >= 0.3 is 17.8 Å². The summed E-state index contributed by atoms with van der Waals surface area (Å²) >= 11 is 0. The molecule has 4 aromatic rings. The van der Waals surface area contributed by atoms with Gasteiger partial charge in [-0.3, -0.25) is 18.8 Å². The number of aromatic carboxylic acids is 1. The first-order chi connectivity index (χ1) is 22.4. The number of likely N-dealkylation sites (tertiary alicyclic amines) is 1. The minimum Gasteiger partial charge on any atom is -0.478 e. The number of carbonyl (C=O) groups is 1. The summed E-state index contributed by atoms with van der Waals surface area (Å²) in [5, 5.41) is 9.35. The van der Waals surface area contributed by atoms with Crippen molar-refractivity contribution in [2.45, 2.75) is 56.9 Å². The Labute approximate surface area is 266 Å². The first-order valence-electron chi connectivity index (χ1n) is 15.1. The molecule has 0 radical (unpaired) electrons. The first kappa shape index (κ1) is 32.4. The van der Waals surface area contributed by atoms with E-state index in [1.807, 2.05) is 6.07 Å². The molecule has 13 heteroatoms. The standard InChI is InChI=1S/C34H32F4N4O5/c35-26-11-5-10-25(34(36,37)38)24(26)18-41-28-20-47-33(12-14-40(15-13-33)17-21-6-4-9-23(16-21)31(44)45)29(28)30(43)42(32(41)46)19-27(39)22-7-2-1-3-8-22/h1-11,16,27H,12-15,17-20,39H2,(H,44,45). The number of nitrogens with zero attached hydrogens (tertiary/aromatic N) is 3. The number of halogens is 4. The zero-order chi connectivity index (χ0) is 33.5. The van der Waals surface area contributed by atoms with Crippen LogP contribution >= 0.6 is 0 Å². The maximum absolute atomic E-state index is 15.0. The lowest BCUT2D eigenvalue weighted by Gasteiger charge is -2.39. The van der Waals surface area contributed by atoms with Gasteiger partial charge in [-0.15, -0.1) is 0 Å². The molecule has 1 atom stereocenters. The Kier molecular flexibility index (Phi) is 8.64. The highest BCUT2D eigenvalue weighted by atomic mass is 19.4. The number of rotatable bonds is 8. The van der Waals surface area contributed by atoms with E-state index in [0.717, 1.165) is 32.9 Å². The third kappa shape index (κ3) is 6.25. The van der Waals surface area contributed by atoms with Gasteiger partial charge in [0.2, 0.25) is 0 Å². The molecule has 3 aromatic carbocycles. The van der Waals surface area contributed by atoms with Crippen LogP contribution in [0, 0.1) is 5.82 Å². The lowest BCUT2D eigenvalue weighted by molar-refractivity contribution is -0.138. The molecule has 6 rings (SSSR count). The van der Waals surface area contributed by atoms with Gasteiger partial charge in [-0.2, -0.15) is 13.2 Å². The van der Waals surface area contributed by atoms with E-state index in [9.17, 15) is 32.7 Å². The number of ether oxygens (including phenoxy) is 1. The number of benzene rings is 3. The molecule has 0 aliphatic carbocycles. The summed E-state index contributed by atoms with van der Waals surface area (Å²) in [4.78, 5) is 41.6. The molecule has 47 heavy (non-hydrogen) atoms. The summed E-state index contributed by atoms with van der Waals surface area (Å²) in [7, 11) is 0. The normalized spacial score (nSPS) is 16.7. The molecule has 3 N–H and O–H groups in total. The lowest BCUT2D eigenvalue weighted by atomic mass is 9.85. The van der Waals surface area contributed by atoms with E-state index in [-0.39, 0.29) is 30.0 Å². The van der Waals surface area contributed by atoms with Crippen molar-refractivity contribution in [3.05, 3.63) is 139 Å². The Hall–Kier alpha value is -4.59. The summed E-state index contributed by atoms with van der Waals surface area (Å²) in [5.41, 5.74) is 3.67. The van der Waals surface area contributed by atoms with E-state index in [1.54, 1.807) is 42.5 Å². The van der Waals surface area contributed by atoms with Gasteiger partial charge in [-0.25, -0.2) is 14.0 Å². The first-order valence-corrected chi connectivity index (χ1v) is 15.1. The van der Waals surface area contributed by atoms with Crippen molar-refractivity contribution in [2.24, 2.45) is 5.73 Å². The summed E-state index contributed by atoms with van der Waals surface area (Å²) in [6.07, 6.45) is -4.24. The number of nitrogens with two attached hydrogens (primary N) is 1. The van der Waals surface area contributed by atoms with Crippen LogP contribution in [-0.4, -0.2) is 38.2 Å². The van der Waals surface area contributed by atoms with Crippen molar-refractivity contribution in [3.63, 3.8) is 0 Å². The highest BCUT2D eigenvalue weighted by Gasteiger charge is 2.47. The summed E-state index contributed by atoms with van der Waals surface area (Å²) in [5.74, 6) is -2.17. The Balaban J connectivity index is 1.39. The van der Waals surface area contributed by atoms with E-state index in [4.69, 9.17) is 10.5 Å². The van der Waals surface area contributed by atoms with Gasteiger partial charge in [-0.1, -0.05) is 48.5 Å². The number of piperidine rings is 1. The van der Waals surface area contributed by atoms with E-state index >= 15 is 4.39 Å². The van der Waals surface area contributed by atoms with Crippen LogP contribution in [0.15, 0.2) is 82.4 Å². The molecule has 1 fully saturated rings. The van der Waals surface area contributed by atoms with Crippen molar-refractivity contribution >= 4 is 5.97 Å². The summed E-state index contributed by atoms with van der Waals surface area (Å²) < 4.78 is 65.1. The highest BCUT2D eigenvalue weighted by molar-refractivity contribution is 5.87. The lowest BCUT2D eigenvalue weighted by Crippen LogP contribution is -2.49. The molecule has 1 spiro atoms. The number of aromatic nitrogens is 2. The highest BCUT2D eigenvalue weighted by Crippen LogP contribution is 2.43. The third-order valence-electron chi connectivity index (χ3n) is 9.07. The molecule has 0 bridgehead atoms. The zero-order valence-corrected chi connectivity index (χ0v) is 25.2. The van der Waals surface area contributed by atoms with Gasteiger partial charge in [0, 0.05) is 31.2 Å². The monoisotopic (exact) mass is 652 g/mol. The molecule has 0 saturated carbocycles. The van der Waals surface area contributed by atoms with Crippen LogP contribution in [0.1, 0.15) is 62.8 Å². The fourth-order valence-corrected chi connectivity index (χ4v) is 6.63. The molecular weight excluding hydrogens is 620 g/mol. The second-order valence-corrected chi connectivity index (χ2v) is 12.0.